The van der Waals surface area contributed by atoms with Gasteiger partial charge in [0.05, 0.1) is 11.8 Å². The smallest absolute Gasteiger partial charge is 0.351 e. The van der Waals surface area contributed by atoms with Crippen LogP contribution in [0.2, 0.25) is 0 Å². The van der Waals surface area contributed by atoms with Gasteiger partial charge < -0.3 is 15.2 Å². The fourth-order valence-electron chi connectivity index (χ4n) is 2.41. The van der Waals surface area contributed by atoms with Gasteiger partial charge in [-0.1, -0.05) is 17.3 Å². The summed E-state index contributed by atoms with van der Waals surface area (Å²) in [5.74, 6) is -1.12. The third kappa shape index (κ3) is 4.37. The molecule has 0 unspecified atom stereocenters. The van der Waals surface area contributed by atoms with Gasteiger partial charge in [-0.05, 0) is 43.3 Å². The molecule has 0 spiro atoms. The van der Waals surface area contributed by atoms with Crippen molar-refractivity contribution in [2.45, 2.75) is 13.1 Å². The van der Waals surface area contributed by atoms with Gasteiger partial charge in [-0.3, -0.25) is 9.59 Å². The molecule has 28 heavy (non-hydrogen) atoms. The molecule has 2 aromatic carbocycles. The van der Waals surface area contributed by atoms with E-state index in [-0.39, 0.29) is 17.0 Å². The summed E-state index contributed by atoms with van der Waals surface area (Å²) in [7, 11) is 0. The number of benzene rings is 2. The van der Waals surface area contributed by atoms with Crippen molar-refractivity contribution in [3.8, 4) is 0 Å². The molecule has 0 aliphatic rings. The van der Waals surface area contributed by atoms with Gasteiger partial charge in [-0.2, -0.15) is 13.2 Å². The molecular weight excluding hydrogens is 375 g/mol. The fourth-order valence-corrected chi connectivity index (χ4v) is 2.41. The van der Waals surface area contributed by atoms with Crippen molar-refractivity contribution in [3.63, 3.8) is 0 Å². The molecule has 1 aromatic heterocycles. The van der Waals surface area contributed by atoms with E-state index in [1.165, 1.54) is 36.5 Å². The number of hydrogen-bond acceptors (Lipinski definition) is 4. The monoisotopic (exact) mass is 389 g/mol. The number of nitrogens with one attached hydrogen (secondary N) is 2. The van der Waals surface area contributed by atoms with Crippen molar-refractivity contribution in [3.05, 3.63) is 77.2 Å². The van der Waals surface area contributed by atoms with Gasteiger partial charge in [-0.25, -0.2) is 0 Å². The normalized spacial score (nSPS) is 11.1. The number of carbonyl (C=O) groups excluding carboxylic acids is 2. The van der Waals surface area contributed by atoms with Crippen LogP contribution < -0.4 is 10.6 Å². The summed E-state index contributed by atoms with van der Waals surface area (Å²) < 4.78 is 43.2. The van der Waals surface area contributed by atoms with Crippen LogP contribution in [0.15, 0.2) is 59.3 Å². The van der Waals surface area contributed by atoms with Crippen LogP contribution in [0.4, 0.5) is 24.5 Å². The first kappa shape index (κ1) is 19.2. The average molecular weight is 389 g/mol. The maximum atomic E-state index is 12.8. The maximum Gasteiger partial charge on any atom is 0.416 e. The zero-order valence-electron chi connectivity index (χ0n) is 14.5. The van der Waals surface area contributed by atoms with Crippen molar-refractivity contribution in [1.82, 2.24) is 5.16 Å². The average Bonchev–Trinajstić information content (AvgIpc) is 3.07. The van der Waals surface area contributed by atoms with Crippen molar-refractivity contribution in [1.29, 1.82) is 0 Å². The van der Waals surface area contributed by atoms with Crippen molar-refractivity contribution in [2.24, 2.45) is 0 Å². The summed E-state index contributed by atoms with van der Waals surface area (Å²) in [4.78, 5) is 24.5. The molecule has 3 aromatic rings. The summed E-state index contributed by atoms with van der Waals surface area (Å²) in [6.07, 6.45) is -3.11. The molecule has 3 rings (SSSR count). The molecule has 0 atom stereocenters. The molecule has 0 radical (unpaired) electrons. The minimum absolute atomic E-state index is 0.00606. The molecule has 2 amide bonds. The predicted molar refractivity (Wildman–Crippen MR) is 95.0 cm³/mol. The van der Waals surface area contributed by atoms with E-state index in [1.54, 1.807) is 13.0 Å². The molecule has 0 saturated heterocycles. The Bertz CT molecular complexity index is 1030. The van der Waals surface area contributed by atoms with Gasteiger partial charge in [-0.15, -0.1) is 0 Å². The number of anilines is 2. The number of aromatic nitrogens is 1. The van der Waals surface area contributed by atoms with Gasteiger partial charge in [0, 0.05) is 22.5 Å². The molecule has 2 N–H and O–H groups in total. The number of hydrogen-bond donors (Lipinski definition) is 2. The molecule has 9 heteroatoms. The fraction of sp³-hybridized carbons (Fsp3) is 0.105. The quantitative estimate of drug-likeness (QED) is 0.688. The van der Waals surface area contributed by atoms with E-state index >= 15 is 0 Å². The molecular formula is C19H14F3N3O3. The van der Waals surface area contributed by atoms with Gasteiger partial charge >= 0.3 is 6.18 Å². The van der Waals surface area contributed by atoms with Gasteiger partial charge in [0.15, 0.2) is 0 Å². The van der Waals surface area contributed by atoms with Crippen LogP contribution in [0.25, 0.3) is 0 Å². The molecule has 0 bridgehead atoms. The number of rotatable bonds is 4. The summed E-state index contributed by atoms with van der Waals surface area (Å²) in [5, 5.41) is 8.50. The number of halogens is 3. The van der Waals surface area contributed by atoms with E-state index in [0.29, 0.717) is 11.3 Å². The second-order valence-electron chi connectivity index (χ2n) is 5.91. The SMILES string of the molecule is Cc1cnoc1C(=O)Nc1cccc(C(=O)Nc2cccc(C(F)(F)F)c2)c1. The summed E-state index contributed by atoms with van der Waals surface area (Å²) >= 11 is 0. The topological polar surface area (TPSA) is 84.2 Å². The van der Waals surface area contributed by atoms with Crippen molar-refractivity contribution in [2.75, 3.05) is 10.6 Å². The molecule has 0 saturated carbocycles. The Kier molecular flexibility index (Phi) is 5.16. The summed E-state index contributed by atoms with van der Waals surface area (Å²) in [6.45, 7) is 1.66. The van der Waals surface area contributed by atoms with Crippen molar-refractivity contribution < 1.29 is 27.3 Å². The number of nitrogens with zero attached hydrogens (tertiary/aromatic N) is 1. The highest BCUT2D eigenvalue weighted by atomic mass is 19.4. The Morgan fingerprint density at radius 3 is 2.25 bits per heavy atom. The summed E-state index contributed by atoms with van der Waals surface area (Å²) in [6, 6.07) is 10.3. The third-order valence-electron chi connectivity index (χ3n) is 3.79. The molecule has 1 heterocycles. The largest absolute Gasteiger partial charge is 0.416 e. The number of aryl methyl sites for hydroxylation is 1. The van der Waals surface area contributed by atoms with E-state index in [1.807, 2.05) is 0 Å². The molecule has 0 aliphatic carbocycles. The zero-order valence-corrected chi connectivity index (χ0v) is 14.5. The molecule has 6 nitrogen and oxygen atoms in total. The van der Waals surface area contributed by atoms with Crippen LogP contribution in [0.3, 0.4) is 0 Å². The number of alkyl halides is 3. The van der Waals surface area contributed by atoms with Crippen molar-refractivity contribution >= 4 is 23.2 Å². The van der Waals surface area contributed by atoms with E-state index in [2.05, 4.69) is 15.8 Å². The Balaban J connectivity index is 1.74. The minimum Gasteiger partial charge on any atom is -0.351 e. The number of carbonyl (C=O) groups is 2. The van der Waals surface area contributed by atoms with Crippen LogP contribution in [-0.4, -0.2) is 17.0 Å². The van der Waals surface area contributed by atoms with Crippen LogP contribution in [0, 0.1) is 6.92 Å². The van der Waals surface area contributed by atoms with Crippen LogP contribution in [-0.2, 0) is 6.18 Å². The Morgan fingerprint density at radius 1 is 0.964 bits per heavy atom. The predicted octanol–water partition coefficient (Wildman–Crippen LogP) is 4.51. The Morgan fingerprint density at radius 2 is 1.61 bits per heavy atom. The Hall–Kier alpha value is -3.62. The lowest BCUT2D eigenvalue weighted by Gasteiger charge is -2.10. The molecule has 0 aliphatic heterocycles. The van der Waals surface area contributed by atoms with E-state index in [4.69, 9.17) is 4.52 Å². The van der Waals surface area contributed by atoms with E-state index in [9.17, 15) is 22.8 Å². The first-order valence-electron chi connectivity index (χ1n) is 8.05. The highest BCUT2D eigenvalue weighted by Gasteiger charge is 2.30. The van der Waals surface area contributed by atoms with Crippen LogP contribution >= 0.6 is 0 Å². The highest BCUT2D eigenvalue weighted by Crippen LogP contribution is 2.30. The Labute approximate surface area is 157 Å². The highest BCUT2D eigenvalue weighted by molar-refractivity contribution is 6.07. The number of amides is 2. The minimum atomic E-state index is -4.51. The van der Waals surface area contributed by atoms with Gasteiger partial charge in [0.25, 0.3) is 11.8 Å². The lowest BCUT2D eigenvalue weighted by atomic mass is 10.1. The van der Waals surface area contributed by atoms with Crippen LogP contribution in [0.1, 0.15) is 32.0 Å². The zero-order chi connectivity index (χ0) is 20.3. The van der Waals surface area contributed by atoms with Gasteiger partial charge in [0.2, 0.25) is 5.76 Å². The molecule has 0 fully saturated rings. The van der Waals surface area contributed by atoms with E-state index in [0.717, 1.165) is 12.1 Å². The third-order valence-corrected chi connectivity index (χ3v) is 3.79. The van der Waals surface area contributed by atoms with E-state index < -0.39 is 23.6 Å². The maximum absolute atomic E-state index is 12.8. The second-order valence-corrected chi connectivity index (χ2v) is 5.91. The standard InChI is InChI=1S/C19H14F3N3O3/c1-11-10-23-28-16(11)18(27)25-14-6-2-4-12(8-14)17(26)24-15-7-3-5-13(9-15)19(20,21)22/h2-10H,1H3,(H,24,26)(H,25,27). The first-order valence-corrected chi connectivity index (χ1v) is 8.05. The second kappa shape index (κ2) is 7.55. The van der Waals surface area contributed by atoms with Gasteiger partial charge in [0.1, 0.15) is 0 Å². The summed E-state index contributed by atoms with van der Waals surface area (Å²) in [5.41, 5.74) is 0.165. The lowest BCUT2D eigenvalue weighted by molar-refractivity contribution is -0.137. The molecule has 144 valence electrons. The van der Waals surface area contributed by atoms with Crippen LogP contribution in [0.5, 0.6) is 0 Å². The lowest BCUT2D eigenvalue weighted by Crippen LogP contribution is -2.15. The first-order chi connectivity index (χ1) is 13.2.